The van der Waals surface area contributed by atoms with Gasteiger partial charge in [-0.1, -0.05) is 23.7 Å². The lowest BCUT2D eigenvalue weighted by Gasteiger charge is -2.10. The second-order valence-corrected chi connectivity index (χ2v) is 4.11. The number of hydrogen-bond donors (Lipinski definition) is 0. The predicted molar refractivity (Wildman–Crippen MR) is 66.1 cm³/mol. The summed E-state index contributed by atoms with van der Waals surface area (Å²) in [4.78, 5) is 3.81. The topological polar surface area (TPSA) is 45.9 Å². The van der Waals surface area contributed by atoms with E-state index in [4.69, 9.17) is 16.9 Å². The molecule has 0 amide bonds. The van der Waals surface area contributed by atoms with Crippen LogP contribution >= 0.6 is 11.6 Å². The number of hydrogen-bond acceptors (Lipinski definition) is 3. The van der Waals surface area contributed by atoms with Gasteiger partial charge < -0.3 is 4.74 Å². The molecule has 0 aliphatic rings. The van der Waals surface area contributed by atoms with E-state index in [-0.39, 0.29) is 16.5 Å². The molecular formula is C13H6ClF3N2O. The zero-order chi connectivity index (χ0) is 14.8. The van der Waals surface area contributed by atoms with Gasteiger partial charge in [-0.25, -0.2) is 4.98 Å². The van der Waals surface area contributed by atoms with Crippen LogP contribution in [0.2, 0.25) is 5.15 Å². The summed E-state index contributed by atoms with van der Waals surface area (Å²) in [6.45, 7) is 0. The molecule has 0 fully saturated rings. The van der Waals surface area contributed by atoms with Crippen molar-refractivity contribution in [1.82, 2.24) is 4.98 Å². The van der Waals surface area contributed by atoms with Crippen LogP contribution in [0.25, 0.3) is 11.1 Å². The molecule has 1 aromatic carbocycles. The first-order chi connectivity index (χ1) is 9.39. The quantitative estimate of drug-likeness (QED) is 0.782. The molecule has 7 heteroatoms. The number of nitriles is 1. The van der Waals surface area contributed by atoms with E-state index in [1.165, 1.54) is 30.5 Å². The summed E-state index contributed by atoms with van der Waals surface area (Å²) < 4.78 is 40.3. The standard InChI is InChI=1S/C13H6ClF3N2O/c14-12-9(6-18)4-10(7-19-12)8-2-1-3-11(5-8)20-13(15,16)17/h1-5,7H. The van der Waals surface area contributed by atoms with Gasteiger partial charge in [-0.15, -0.1) is 13.2 Å². The minimum atomic E-state index is -4.76. The summed E-state index contributed by atoms with van der Waals surface area (Å²) >= 11 is 5.70. The molecule has 1 heterocycles. The summed E-state index contributed by atoms with van der Waals surface area (Å²) in [5.74, 6) is -0.344. The van der Waals surface area contributed by atoms with E-state index in [0.717, 1.165) is 0 Å². The van der Waals surface area contributed by atoms with E-state index in [1.54, 1.807) is 6.07 Å². The van der Waals surface area contributed by atoms with Crippen LogP contribution in [0.3, 0.4) is 0 Å². The molecule has 0 aliphatic carbocycles. The Morgan fingerprint density at radius 3 is 2.60 bits per heavy atom. The van der Waals surface area contributed by atoms with Gasteiger partial charge >= 0.3 is 6.36 Å². The molecule has 0 radical (unpaired) electrons. The van der Waals surface area contributed by atoms with E-state index >= 15 is 0 Å². The second kappa shape index (κ2) is 5.39. The Labute approximate surface area is 117 Å². The number of alkyl halides is 3. The predicted octanol–water partition coefficient (Wildman–Crippen LogP) is 4.17. The molecule has 0 aliphatic heterocycles. The molecule has 20 heavy (non-hydrogen) atoms. The van der Waals surface area contributed by atoms with Crippen molar-refractivity contribution in [3.05, 3.63) is 47.2 Å². The highest BCUT2D eigenvalue weighted by molar-refractivity contribution is 6.30. The van der Waals surface area contributed by atoms with Crippen molar-refractivity contribution in [1.29, 1.82) is 5.26 Å². The second-order valence-electron chi connectivity index (χ2n) is 3.75. The van der Waals surface area contributed by atoms with Crippen molar-refractivity contribution < 1.29 is 17.9 Å². The lowest BCUT2D eigenvalue weighted by atomic mass is 10.1. The molecule has 2 aromatic rings. The normalized spacial score (nSPS) is 10.9. The van der Waals surface area contributed by atoms with Crippen LogP contribution in [-0.2, 0) is 0 Å². The number of ether oxygens (including phenoxy) is 1. The lowest BCUT2D eigenvalue weighted by molar-refractivity contribution is -0.274. The van der Waals surface area contributed by atoms with Crippen LogP contribution < -0.4 is 4.74 Å². The van der Waals surface area contributed by atoms with Gasteiger partial charge in [0.15, 0.2) is 0 Å². The molecule has 0 saturated heterocycles. The third kappa shape index (κ3) is 3.39. The summed E-state index contributed by atoms with van der Waals surface area (Å²) in [6.07, 6.45) is -3.38. The number of benzene rings is 1. The Hall–Kier alpha value is -2.26. The number of rotatable bonds is 2. The van der Waals surface area contributed by atoms with Crippen LogP contribution in [0.4, 0.5) is 13.2 Å². The van der Waals surface area contributed by atoms with E-state index in [1.807, 2.05) is 6.07 Å². The molecule has 0 N–H and O–H groups in total. The van der Waals surface area contributed by atoms with Gasteiger partial charge in [-0.05, 0) is 23.8 Å². The van der Waals surface area contributed by atoms with Crippen molar-refractivity contribution in [3.63, 3.8) is 0 Å². The van der Waals surface area contributed by atoms with Gasteiger partial charge in [0.2, 0.25) is 0 Å². The average molecular weight is 299 g/mol. The summed E-state index contributed by atoms with van der Waals surface area (Å²) in [5, 5.41) is 8.89. The first kappa shape index (κ1) is 14.2. The van der Waals surface area contributed by atoms with Crippen LogP contribution in [0.1, 0.15) is 5.56 Å². The Morgan fingerprint density at radius 1 is 1.20 bits per heavy atom. The maximum Gasteiger partial charge on any atom is 0.573 e. The first-order valence-corrected chi connectivity index (χ1v) is 5.68. The molecule has 0 unspecified atom stereocenters. The molecule has 0 spiro atoms. The fraction of sp³-hybridized carbons (Fsp3) is 0.0769. The Bertz CT molecular complexity index is 680. The van der Waals surface area contributed by atoms with Crippen LogP contribution in [0.5, 0.6) is 5.75 Å². The first-order valence-electron chi connectivity index (χ1n) is 5.31. The summed E-state index contributed by atoms with van der Waals surface area (Å²) in [5.41, 5.74) is 1.05. The SMILES string of the molecule is N#Cc1cc(-c2cccc(OC(F)(F)F)c2)cnc1Cl. The zero-order valence-electron chi connectivity index (χ0n) is 9.78. The highest BCUT2D eigenvalue weighted by atomic mass is 35.5. The van der Waals surface area contributed by atoms with Crippen molar-refractivity contribution in [2.24, 2.45) is 0 Å². The number of nitrogens with zero attached hydrogens (tertiary/aromatic N) is 2. The number of halogens is 4. The van der Waals surface area contributed by atoms with Crippen molar-refractivity contribution in [2.75, 3.05) is 0 Å². The molecule has 102 valence electrons. The highest BCUT2D eigenvalue weighted by Gasteiger charge is 2.31. The van der Waals surface area contributed by atoms with E-state index in [9.17, 15) is 13.2 Å². The van der Waals surface area contributed by atoms with Gasteiger partial charge in [-0.3, -0.25) is 0 Å². The smallest absolute Gasteiger partial charge is 0.406 e. The number of aromatic nitrogens is 1. The Kier molecular flexibility index (Phi) is 3.81. The highest BCUT2D eigenvalue weighted by Crippen LogP contribution is 2.28. The average Bonchev–Trinajstić information content (AvgIpc) is 2.37. The fourth-order valence-corrected chi connectivity index (χ4v) is 1.70. The Morgan fingerprint density at radius 2 is 1.95 bits per heavy atom. The zero-order valence-corrected chi connectivity index (χ0v) is 10.5. The van der Waals surface area contributed by atoms with Crippen molar-refractivity contribution in [2.45, 2.75) is 6.36 Å². The van der Waals surface area contributed by atoms with E-state index in [0.29, 0.717) is 11.1 Å². The van der Waals surface area contributed by atoms with Gasteiger partial charge in [0.25, 0.3) is 0 Å². The molecule has 0 bridgehead atoms. The van der Waals surface area contributed by atoms with Gasteiger partial charge in [0.05, 0.1) is 5.56 Å². The Balaban J connectivity index is 2.39. The van der Waals surface area contributed by atoms with Crippen molar-refractivity contribution >= 4 is 11.6 Å². The third-order valence-electron chi connectivity index (χ3n) is 2.36. The van der Waals surface area contributed by atoms with E-state index in [2.05, 4.69) is 9.72 Å². The monoisotopic (exact) mass is 298 g/mol. The minimum Gasteiger partial charge on any atom is -0.406 e. The van der Waals surface area contributed by atoms with Crippen LogP contribution in [0, 0.1) is 11.3 Å². The van der Waals surface area contributed by atoms with E-state index < -0.39 is 6.36 Å². The van der Waals surface area contributed by atoms with Crippen LogP contribution in [0.15, 0.2) is 36.5 Å². The molecule has 1 aromatic heterocycles. The summed E-state index contributed by atoms with van der Waals surface area (Å²) in [6, 6.07) is 8.69. The molecule has 3 nitrogen and oxygen atoms in total. The largest absolute Gasteiger partial charge is 0.573 e. The van der Waals surface area contributed by atoms with Gasteiger partial charge in [0, 0.05) is 11.8 Å². The molecule has 0 saturated carbocycles. The fourth-order valence-electron chi connectivity index (χ4n) is 1.56. The van der Waals surface area contributed by atoms with Gasteiger partial charge in [-0.2, -0.15) is 5.26 Å². The molecule has 2 rings (SSSR count). The van der Waals surface area contributed by atoms with Crippen molar-refractivity contribution in [3.8, 4) is 22.9 Å². The van der Waals surface area contributed by atoms with Gasteiger partial charge in [0.1, 0.15) is 17.0 Å². The maximum absolute atomic E-state index is 12.2. The summed E-state index contributed by atoms with van der Waals surface area (Å²) in [7, 11) is 0. The lowest BCUT2D eigenvalue weighted by Crippen LogP contribution is -2.17. The molecular weight excluding hydrogens is 293 g/mol. The maximum atomic E-state index is 12.2. The molecule has 0 atom stereocenters. The number of pyridine rings is 1. The van der Waals surface area contributed by atoms with Crippen LogP contribution in [-0.4, -0.2) is 11.3 Å². The minimum absolute atomic E-state index is 0.0407. The third-order valence-corrected chi connectivity index (χ3v) is 2.66.